The second kappa shape index (κ2) is 5.65. The monoisotopic (exact) mass is 302 g/mol. The van der Waals surface area contributed by atoms with Crippen LogP contribution in [0.5, 0.6) is 0 Å². The maximum Gasteiger partial charge on any atom is 0.248 e. The third kappa shape index (κ3) is 2.80. The first kappa shape index (κ1) is 13.8. The highest BCUT2D eigenvalue weighted by Gasteiger charge is 2.33. The Kier molecular flexibility index (Phi) is 3.70. The average molecular weight is 302 g/mol. The normalized spacial score (nSPS) is 18.2. The summed E-state index contributed by atoms with van der Waals surface area (Å²) in [4.78, 5) is 24.9. The summed E-state index contributed by atoms with van der Waals surface area (Å²) in [6.07, 6.45) is 1.60. The SMILES string of the molecule is NC(=O)c1ccc([C@@H]2SCC(=O)N2Cc2ccco2)cc1. The molecule has 2 aromatic rings. The van der Waals surface area contributed by atoms with Gasteiger partial charge in [0, 0.05) is 5.56 Å². The first-order valence-corrected chi connectivity index (χ1v) is 7.53. The number of carbonyl (C=O) groups excluding carboxylic acids is 2. The Morgan fingerprint density at radius 1 is 1.33 bits per heavy atom. The topological polar surface area (TPSA) is 76.5 Å². The van der Waals surface area contributed by atoms with E-state index in [-0.39, 0.29) is 11.3 Å². The number of amides is 2. The summed E-state index contributed by atoms with van der Waals surface area (Å²) in [5.41, 5.74) is 6.67. The molecule has 0 radical (unpaired) electrons. The van der Waals surface area contributed by atoms with E-state index in [4.69, 9.17) is 10.2 Å². The Bertz CT molecular complexity index is 652. The van der Waals surface area contributed by atoms with Crippen molar-refractivity contribution in [2.75, 3.05) is 5.75 Å². The molecule has 108 valence electrons. The van der Waals surface area contributed by atoms with E-state index in [2.05, 4.69) is 0 Å². The lowest BCUT2D eigenvalue weighted by Gasteiger charge is -2.23. The molecule has 2 N–H and O–H groups in total. The van der Waals surface area contributed by atoms with Gasteiger partial charge in [-0.25, -0.2) is 0 Å². The number of rotatable bonds is 4. The van der Waals surface area contributed by atoms with Crippen LogP contribution in [0.25, 0.3) is 0 Å². The molecule has 5 nitrogen and oxygen atoms in total. The van der Waals surface area contributed by atoms with E-state index in [1.54, 1.807) is 41.1 Å². The zero-order valence-corrected chi connectivity index (χ0v) is 12.0. The molecule has 0 aliphatic carbocycles. The lowest BCUT2D eigenvalue weighted by atomic mass is 10.1. The fourth-order valence-corrected chi connectivity index (χ4v) is 3.47. The van der Waals surface area contributed by atoms with Crippen LogP contribution in [0.2, 0.25) is 0 Å². The van der Waals surface area contributed by atoms with Gasteiger partial charge in [0.1, 0.15) is 11.1 Å². The van der Waals surface area contributed by atoms with Crippen LogP contribution in [0.4, 0.5) is 0 Å². The highest BCUT2D eigenvalue weighted by Crippen LogP contribution is 2.39. The molecular weight excluding hydrogens is 288 g/mol. The lowest BCUT2D eigenvalue weighted by molar-refractivity contribution is -0.128. The molecule has 1 atom stereocenters. The van der Waals surface area contributed by atoms with Crippen molar-refractivity contribution in [3.05, 3.63) is 59.5 Å². The Labute approximate surface area is 126 Å². The van der Waals surface area contributed by atoms with Gasteiger partial charge in [-0.1, -0.05) is 12.1 Å². The molecule has 3 rings (SSSR count). The highest BCUT2D eigenvalue weighted by molar-refractivity contribution is 8.00. The number of furan rings is 1. The number of thioether (sulfide) groups is 1. The molecule has 0 unspecified atom stereocenters. The summed E-state index contributed by atoms with van der Waals surface area (Å²) in [6.45, 7) is 0.446. The number of nitrogens with two attached hydrogens (primary N) is 1. The molecule has 1 fully saturated rings. The predicted molar refractivity (Wildman–Crippen MR) is 79.4 cm³/mol. The molecule has 1 aliphatic heterocycles. The molecule has 0 bridgehead atoms. The first-order valence-electron chi connectivity index (χ1n) is 6.48. The Morgan fingerprint density at radius 3 is 2.71 bits per heavy atom. The van der Waals surface area contributed by atoms with E-state index in [0.717, 1.165) is 11.3 Å². The molecule has 1 saturated heterocycles. The number of hydrogen-bond donors (Lipinski definition) is 1. The van der Waals surface area contributed by atoms with Gasteiger partial charge in [0.25, 0.3) is 0 Å². The van der Waals surface area contributed by atoms with Gasteiger partial charge >= 0.3 is 0 Å². The minimum atomic E-state index is -0.454. The number of carbonyl (C=O) groups is 2. The van der Waals surface area contributed by atoms with Crippen molar-refractivity contribution in [2.45, 2.75) is 11.9 Å². The van der Waals surface area contributed by atoms with Crippen LogP contribution < -0.4 is 5.73 Å². The molecular formula is C15H14N2O3S. The van der Waals surface area contributed by atoms with Gasteiger partial charge in [-0.05, 0) is 29.8 Å². The van der Waals surface area contributed by atoms with E-state index in [9.17, 15) is 9.59 Å². The summed E-state index contributed by atoms with van der Waals surface area (Å²) < 4.78 is 5.31. The quantitative estimate of drug-likeness (QED) is 0.939. The third-order valence-corrected chi connectivity index (χ3v) is 4.61. The first-order chi connectivity index (χ1) is 10.1. The van der Waals surface area contributed by atoms with Crippen LogP contribution in [0.3, 0.4) is 0 Å². The number of primary amides is 1. The fraction of sp³-hybridized carbons (Fsp3) is 0.200. The maximum atomic E-state index is 12.0. The molecule has 2 heterocycles. The number of hydrogen-bond acceptors (Lipinski definition) is 4. The average Bonchev–Trinajstić information content (AvgIpc) is 3.11. The van der Waals surface area contributed by atoms with Crippen molar-refractivity contribution < 1.29 is 14.0 Å². The Morgan fingerprint density at radius 2 is 2.10 bits per heavy atom. The molecule has 0 saturated carbocycles. The minimum Gasteiger partial charge on any atom is -0.467 e. The predicted octanol–water partition coefficient (Wildman–Crippen LogP) is 2.15. The van der Waals surface area contributed by atoms with Crippen LogP contribution in [0, 0.1) is 0 Å². The Balaban J connectivity index is 1.82. The van der Waals surface area contributed by atoms with Crippen molar-refractivity contribution >= 4 is 23.6 Å². The lowest BCUT2D eigenvalue weighted by Crippen LogP contribution is -2.27. The van der Waals surface area contributed by atoms with Crippen molar-refractivity contribution in [1.29, 1.82) is 0 Å². The van der Waals surface area contributed by atoms with Gasteiger partial charge in [0.2, 0.25) is 11.8 Å². The molecule has 1 aromatic carbocycles. The highest BCUT2D eigenvalue weighted by atomic mass is 32.2. The van der Waals surface area contributed by atoms with E-state index >= 15 is 0 Å². The van der Waals surface area contributed by atoms with E-state index < -0.39 is 5.91 Å². The standard InChI is InChI=1S/C15H14N2O3S/c16-14(19)10-3-5-11(6-4-10)15-17(13(18)9-21-15)8-12-2-1-7-20-12/h1-7,15H,8-9H2,(H2,16,19)/t15-/m0/s1. The van der Waals surface area contributed by atoms with Gasteiger partial charge in [0.05, 0.1) is 18.6 Å². The number of benzene rings is 1. The second-order valence-corrected chi connectivity index (χ2v) is 5.82. The minimum absolute atomic E-state index is 0.0653. The van der Waals surface area contributed by atoms with Crippen LogP contribution in [-0.2, 0) is 11.3 Å². The van der Waals surface area contributed by atoms with E-state index in [1.807, 2.05) is 18.2 Å². The van der Waals surface area contributed by atoms with Crippen molar-refractivity contribution in [1.82, 2.24) is 4.90 Å². The molecule has 0 spiro atoms. The summed E-state index contributed by atoms with van der Waals surface area (Å²) in [6, 6.07) is 10.7. The van der Waals surface area contributed by atoms with Crippen LogP contribution in [0.1, 0.15) is 27.1 Å². The Hall–Kier alpha value is -2.21. The van der Waals surface area contributed by atoms with Gasteiger partial charge in [0.15, 0.2) is 0 Å². The van der Waals surface area contributed by atoms with Gasteiger partial charge in [-0.3, -0.25) is 9.59 Å². The fourth-order valence-electron chi connectivity index (χ4n) is 2.28. The third-order valence-electron chi connectivity index (χ3n) is 3.35. The largest absolute Gasteiger partial charge is 0.467 e. The van der Waals surface area contributed by atoms with Gasteiger partial charge < -0.3 is 15.1 Å². The van der Waals surface area contributed by atoms with Crippen LogP contribution >= 0.6 is 11.8 Å². The van der Waals surface area contributed by atoms with E-state index in [1.165, 1.54) is 0 Å². The molecule has 2 amide bonds. The zero-order chi connectivity index (χ0) is 14.8. The second-order valence-electron chi connectivity index (χ2n) is 4.75. The van der Waals surface area contributed by atoms with Crippen molar-refractivity contribution in [3.8, 4) is 0 Å². The summed E-state index contributed by atoms with van der Waals surface area (Å²) in [5, 5.41) is -0.0653. The summed E-state index contributed by atoms with van der Waals surface area (Å²) in [7, 11) is 0. The van der Waals surface area contributed by atoms with Crippen LogP contribution in [-0.4, -0.2) is 22.5 Å². The van der Waals surface area contributed by atoms with Gasteiger partial charge in [-0.15, -0.1) is 11.8 Å². The zero-order valence-electron chi connectivity index (χ0n) is 11.2. The summed E-state index contributed by atoms with van der Waals surface area (Å²) >= 11 is 1.57. The molecule has 21 heavy (non-hydrogen) atoms. The molecule has 1 aliphatic rings. The van der Waals surface area contributed by atoms with Crippen LogP contribution in [0.15, 0.2) is 47.1 Å². The summed E-state index contributed by atoms with van der Waals surface area (Å²) in [5.74, 6) is 0.831. The maximum absolute atomic E-state index is 12.0. The van der Waals surface area contributed by atoms with Crippen molar-refractivity contribution in [3.63, 3.8) is 0 Å². The molecule has 1 aromatic heterocycles. The van der Waals surface area contributed by atoms with Crippen molar-refractivity contribution in [2.24, 2.45) is 5.73 Å². The number of nitrogens with zero attached hydrogens (tertiary/aromatic N) is 1. The molecule has 6 heteroatoms. The smallest absolute Gasteiger partial charge is 0.248 e. The van der Waals surface area contributed by atoms with Gasteiger partial charge in [-0.2, -0.15) is 0 Å². The van der Waals surface area contributed by atoms with E-state index in [0.29, 0.717) is 17.9 Å².